The van der Waals surface area contributed by atoms with Crippen LogP contribution in [0.15, 0.2) is 0 Å². The summed E-state index contributed by atoms with van der Waals surface area (Å²) in [6, 6.07) is 2.15. The SMILES string of the molecule is CC(C)C(=O)NC(=S)N1CCN(CCC#N)CC1. The lowest BCUT2D eigenvalue weighted by molar-refractivity contribution is -0.122. The van der Waals surface area contributed by atoms with Gasteiger partial charge >= 0.3 is 0 Å². The first-order valence-corrected chi connectivity index (χ1v) is 6.64. The molecule has 1 saturated heterocycles. The maximum Gasteiger partial charge on any atom is 0.228 e. The molecule has 0 aromatic rings. The predicted molar refractivity (Wildman–Crippen MR) is 73.8 cm³/mol. The number of thiocarbonyl (C=S) groups is 1. The first-order valence-electron chi connectivity index (χ1n) is 6.23. The molecular weight excluding hydrogens is 248 g/mol. The van der Waals surface area contributed by atoms with Crippen LogP contribution in [0.3, 0.4) is 0 Å². The van der Waals surface area contributed by atoms with E-state index in [1.54, 1.807) is 0 Å². The summed E-state index contributed by atoms with van der Waals surface area (Å²) in [5, 5.41) is 11.8. The van der Waals surface area contributed by atoms with Gasteiger partial charge < -0.3 is 10.2 Å². The van der Waals surface area contributed by atoms with E-state index in [0.29, 0.717) is 11.5 Å². The second-order valence-corrected chi connectivity index (χ2v) is 5.07. The van der Waals surface area contributed by atoms with Gasteiger partial charge in [-0.25, -0.2) is 0 Å². The highest BCUT2D eigenvalue weighted by atomic mass is 32.1. The molecule has 18 heavy (non-hydrogen) atoms. The van der Waals surface area contributed by atoms with E-state index in [-0.39, 0.29) is 11.8 Å². The lowest BCUT2D eigenvalue weighted by Crippen LogP contribution is -2.53. The molecule has 0 spiro atoms. The fourth-order valence-electron chi connectivity index (χ4n) is 1.71. The van der Waals surface area contributed by atoms with Gasteiger partial charge in [-0.15, -0.1) is 0 Å². The average Bonchev–Trinajstić information content (AvgIpc) is 2.36. The van der Waals surface area contributed by atoms with Crippen LogP contribution >= 0.6 is 12.2 Å². The minimum Gasteiger partial charge on any atom is -0.346 e. The Morgan fingerprint density at radius 1 is 1.39 bits per heavy atom. The van der Waals surface area contributed by atoms with Gasteiger partial charge in [0.25, 0.3) is 0 Å². The van der Waals surface area contributed by atoms with Gasteiger partial charge in [-0.05, 0) is 12.2 Å². The molecule has 0 aromatic heterocycles. The van der Waals surface area contributed by atoms with Crippen LogP contribution in [0, 0.1) is 17.2 Å². The molecule has 0 aromatic carbocycles. The molecule has 6 heteroatoms. The molecule has 0 unspecified atom stereocenters. The zero-order chi connectivity index (χ0) is 13.5. The summed E-state index contributed by atoms with van der Waals surface area (Å²) in [5.41, 5.74) is 0. The molecule has 1 fully saturated rings. The van der Waals surface area contributed by atoms with E-state index < -0.39 is 0 Å². The van der Waals surface area contributed by atoms with E-state index in [9.17, 15) is 4.79 Å². The minimum atomic E-state index is -0.0557. The quantitative estimate of drug-likeness (QED) is 0.759. The normalized spacial score (nSPS) is 16.4. The van der Waals surface area contributed by atoms with E-state index in [2.05, 4.69) is 16.3 Å². The summed E-state index contributed by atoms with van der Waals surface area (Å²) in [6.45, 7) is 7.90. The van der Waals surface area contributed by atoms with Crippen LogP contribution in [-0.4, -0.2) is 53.5 Å². The fraction of sp³-hybridized carbons (Fsp3) is 0.750. The molecule has 0 saturated carbocycles. The number of hydrogen-bond donors (Lipinski definition) is 1. The van der Waals surface area contributed by atoms with Crippen LogP contribution in [-0.2, 0) is 4.79 Å². The van der Waals surface area contributed by atoms with Crippen molar-refractivity contribution in [3.05, 3.63) is 0 Å². The Bertz CT molecular complexity index is 342. The molecule has 1 heterocycles. The summed E-state index contributed by atoms with van der Waals surface area (Å²) >= 11 is 5.22. The van der Waals surface area contributed by atoms with Gasteiger partial charge in [0, 0.05) is 45.1 Å². The van der Waals surface area contributed by atoms with Crippen molar-refractivity contribution in [3.8, 4) is 6.07 Å². The number of nitrogens with one attached hydrogen (secondary N) is 1. The topological polar surface area (TPSA) is 59.4 Å². The van der Waals surface area contributed by atoms with Gasteiger partial charge in [-0.3, -0.25) is 9.69 Å². The number of amides is 1. The van der Waals surface area contributed by atoms with Gasteiger partial charge in [0.05, 0.1) is 6.07 Å². The third-order valence-corrected chi connectivity index (χ3v) is 3.31. The lowest BCUT2D eigenvalue weighted by atomic mass is 10.2. The number of rotatable bonds is 3. The molecule has 0 radical (unpaired) electrons. The maximum absolute atomic E-state index is 11.5. The van der Waals surface area contributed by atoms with Crippen LogP contribution < -0.4 is 5.32 Å². The molecule has 100 valence electrons. The van der Waals surface area contributed by atoms with E-state index in [1.165, 1.54) is 0 Å². The molecule has 0 bridgehead atoms. The van der Waals surface area contributed by atoms with Crippen LogP contribution in [0.4, 0.5) is 0 Å². The van der Waals surface area contributed by atoms with Gasteiger partial charge in [0.1, 0.15) is 0 Å². The molecule has 1 N–H and O–H groups in total. The highest BCUT2D eigenvalue weighted by molar-refractivity contribution is 7.80. The smallest absolute Gasteiger partial charge is 0.228 e. The van der Waals surface area contributed by atoms with Crippen molar-refractivity contribution >= 4 is 23.2 Å². The second-order valence-electron chi connectivity index (χ2n) is 4.69. The Morgan fingerprint density at radius 2 is 2.00 bits per heavy atom. The van der Waals surface area contributed by atoms with Gasteiger partial charge in [-0.1, -0.05) is 13.8 Å². The van der Waals surface area contributed by atoms with Gasteiger partial charge in [0.15, 0.2) is 5.11 Å². The predicted octanol–water partition coefficient (Wildman–Crippen LogP) is 0.575. The average molecular weight is 268 g/mol. The Balaban J connectivity index is 2.32. The number of carbonyl (C=O) groups is 1. The molecule has 1 amide bonds. The molecule has 1 rings (SSSR count). The number of piperazine rings is 1. The third-order valence-electron chi connectivity index (χ3n) is 2.95. The van der Waals surface area contributed by atoms with Crippen molar-refractivity contribution in [1.29, 1.82) is 5.26 Å². The van der Waals surface area contributed by atoms with Crippen molar-refractivity contribution in [2.45, 2.75) is 20.3 Å². The van der Waals surface area contributed by atoms with Crippen molar-refractivity contribution in [1.82, 2.24) is 15.1 Å². The highest BCUT2D eigenvalue weighted by Gasteiger charge is 2.20. The first-order chi connectivity index (χ1) is 8.54. The van der Waals surface area contributed by atoms with Crippen LogP contribution in [0.5, 0.6) is 0 Å². The third kappa shape index (κ3) is 4.59. The lowest BCUT2D eigenvalue weighted by Gasteiger charge is -2.35. The number of hydrogen-bond acceptors (Lipinski definition) is 4. The van der Waals surface area contributed by atoms with Crippen molar-refractivity contribution < 1.29 is 4.79 Å². The van der Waals surface area contributed by atoms with E-state index >= 15 is 0 Å². The molecule has 0 atom stereocenters. The molecule has 1 aliphatic heterocycles. The van der Waals surface area contributed by atoms with E-state index in [4.69, 9.17) is 17.5 Å². The maximum atomic E-state index is 11.5. The number of nitriles is 1. The summed E-state index contributed by atoms with van der Waals surface area (Å²) in [6.07, 6.45) is 0.564. The summed E-state index contributed by atoms with van der Waals surface area (Å²) < 4.78 is 0. The Labute approximate surface area is 114 Å². The van der Waals surface area contributed by atoms with E-state index in [1.807, 2.05) is 18.7 Å². The Kier molecular flexibility index (Phi) is 6.02. The van der Waals surface area contributed by atoms with E-state index in [0.717, 1.165) is 32.7 Å². The van der Waals surface area contributed by atoms with Crippen LogP contribution in [0.25, 0.3) is 0 Å². The zero-order valence-corrected chi connectivity index (χ0v) is 11.8. The Morgan fingerprint density at radius 3 is 2.50 bits per heavy atom. The molecular formula is C12H20N4OS. The van der Waals surface area contributed by atoms with Crippen molar-refractivity contribution in [2.24, 2.45) is 5.92 Å². The standard InChI is InChI=1S/C12H20N4OS/c1-10(2)11(17)14-12(18)16-8-6-15(7-9-16)5-3-4-13/h10H,3,5-9H2,1-2H3,(H,14,17,18). The van der Waals surface area contributed by atoms with Gasteiger partial charge in [-0.2, -0.15) is 5.26 Å². The molecule has 0 aliphatic carbocycles. The molecule has 5 nitrogen and oxygen atoms in total. The van der Waals surface area contributed by atoms with Crippen molar-refractivity contribution in [2.75, 3.05) is 32.7 Å². The zero-order valence-electron chi connectivity index (χ0n) is 11.0. The monoisotopic (exact) mass is 268 g/mol. The van der Waals surface area contributed by atoms with Crippen molar-refractivity contribution in [3.63, 3.8) is 0 Å². The summed E-state index contributed by atoms with van der Waals surface area (Å²) in [4.78, 5) is 15.8. The summed E-state index contributed by atoms with van der Waals surface area (Å²) in [7, 11) is 0. The van der Waals surface area contributed by atoms with Crippen LogP contribution in [0.1, 0.15) is 20.3 Å². The minimum absolute atomic E-state index is 0.0353. The number of nitrogens with zero attached hydrogens (tertiary/aromatic N) is 3. The summed E-state index contributed by atoms with van der Waals surface area (Å²) in [5.74, 6) is -0.0909. The molecule has 1 aliphatic rings. The Hall–Kier alpha value is -1.19. The number of carbonyl (C=O) groups excluding carboxylic acids is 1. The first kappa shape index (κ1) is 14.9. The highest BCUT2D eigenvalue weighted by Crippen LogP contribution is 2.03. The second kappa shape index (κ2) is 7.29. The largest absolute Gasteiger partial charge is 0.346 e. The van der Waals surface area contributed by atoms with Crippen LogP contribution in [0.2, 0.25) is 0 Å². The fourth-order valence-corrected chi connectivity index (χ4v) is 1.99. The van der Waals surface area contributed by atoms with Gasteiger partial charge in [0.2, 0.25) is 5.91 Å².